The summed E-state index contributed by atoms with van der Waals surface area (Å²) in [5.74, 6) is 0.474. The quantitative estimate of drug-likeness (QED) is 0.863. The zero-order chi connectivity index (χ0) is 17.7. The van der Waals surface area contributed by atoms with Crippen LogP contribution in [0.5, 0.6) is 5.75 Å². The number of nitrogens with one attached hydrogen (secondary N) is 1. The number of rotatable bonds is 6. The van der Waals surface area contributed by atoms with Crippen molar-refractivity contribution in [1.29, 1.82) is 0 Å². The second kappa shape index (κ2) is 8.37. The molecule has 0 radical (unpaired) electrons. The molecule has 2 heterocycles. The molecule has 0 bridgehead atoms. The van der Waals surface area contributed by atoms with Gasteiger partial charge in [-0.1, -0.05) is 6.42 Å². The number of halogens is 2. The fraction of sp³-hybridized carbons (Fsp3) is 0.647. The number of carbonyl (C=O) groups excluding carboxylic acids is 1. The van der Waals surface area contributed by atoms with Gasteiger partial charge < -0.3 is 10.1 Å². The van der Waals surface area contributed by atoms with Crippen LogP contribution in [0.15, 0.2) is 6.20 Å². The maximum atomic E-state index is 12.3. The smallest absolute Gasteiger partial charge is 0.255 e. The summed E-state index contributed by atoms with van der Waals surface area (Å²) in [6.07, 6.45) is 1.82. The Kier molecular flexibility index (Phi) is 6.48. The number of aromatic nitrogens is 1. The average Bonchev–Trinajstić information content (AvgIpc) is 2.56. The topological polar surface area (TPSA) is 54.5 Å². The van der Waals surface area contributed by atoms with Crippen LogP contribution in [-0.2, 0) is 11.3 Å². The lowest BCUT2D eigenvalue weighted by atomic mass is 10.00. The zero-order valence-corrected chi connectivity index (χ0v) is 14.4. The van der Waals surface area contributed by atoms with Crippen LogP contribution in [0.3, 0.4) is 0 Å². The van der Waals surface area contributed by atoms with Gasteiger partial charge in [0.15, 0.2) is 0 Å². The number of hydrogen-bond acceptors (Lipinski definition) is 4. The Balaban J connectivity index is 2.12. The van der Waals surface area contributed by atoms with E-state index in [1.54, 1.807) is 13.3 Å². The van der Waals surface area contributed by atoms with Crippen molar-refractivity contribution in [3.05, 3.63) is 23.0 Å². The number of aryl methyl sites for hydroxylation is 1. The maximum absolute atomic E-state index is 12.3. The van der Waals surface area contributed by atoms with Crippen LogP contribution in [0.2, 0.25) is 0 Å². The molecule has 1 saturated heterocycles. The summed E-state index contributed by atoms with van der Waals surface area (Å²) in [5.41, 5.74) is 2.77. The van der Waals surface area contributed by atoms with Gasteiger partial charge in [-0.05, 0) is 33.2 Å². The van der Waals surface area contributed by atoms with Crippen molar-refractivity contribution in [2.24, 2.45) is 0 Å². The van der Waals surface area contributed by atoms with Gasteiger partial charge in [-0.2, -0.15) is 0 Å². The SMILES string of the molecule is COc1c(C)cnc(CN2CCCC[C@H]2C(=O)NCC(F)F)c1C. The number of ether oxygens (including phenoxy) is 1. The van der Waals surface area contributed by atoms with E-state index in [2.05, 4.69) is 10.3 Å². The Hall–Kier alpha value is -1.76. The fourth-order valence-corrected chi connectivity index (χ4v) is 3.20. The van der Waals surface area contributed by atoms with E-state index in [1.807, 2.05) is 18.7 Å². The van der Waals surface area contributed by atoms with Crippen molar-refractivity contribution in [2.45, 2.75) is 52.1 Å². The molecule has 1 fully saturated rings. The first kappa shape index (κ1) is 18.6. The number of piperidine rings is 1. The predicted molar refractivity (Wildman–Crippen MR) is 87.3 cm³/mol. The van der Waals surface area contributed by atoms with Gasteiger partial charge in [-0.15, -0.1) is 0 Å². The molecule has 0 aliphatic carbocycles. The van der Waals surface area contributed by atoms with E-state index >= 15 is 0 Å². The Morgan fingerprint density at radius 1 is 1.46 bits per heavy atom. The first-order valence-corrected chi connectivity index (χ1v) is 8.23. The summed E-state index contributed by atoms with van der Waals surface area (Å²) in [5, 5.41) is 2.34. The van der Waals surface area contributed by atoms with Crippen LogP contribution in [-0.4, -0.2) is 48.5 Å². The molecule has 0 unspecified atom stereocenters. The second-order valence-corrected chi connectivity index (χ2v) is 6.16. The Labute approximate surface area is 141 Å². The average molecular weight is 341 g/mol. The monoisotopic (exact) mass is 341 g/mol. The van der Waals surface area contributed by atoms with Crippen molar-refractivity contribution in [2.75, 3.05) is 20.2 Å². The molecular formula is C17H25F2N3O2. The fourth-order valence-electron chi connectivity index (χ4n) is 3.20. The Morgan fingerprint density at radius 2 is 2.21 bits per heavy atom. The zero-order valence-electron chi connectivity index (χ0n) is 14.4. The molecule has 0 saturated carbocycles. The molecule has 0 aromatic carbocycles. The summed E-state index contributed by atoms with van der Waals surface area (Å²) >= 11 is 0. The van der Waals surface area contributed by atoms with Crippen LogP contribution in [0.4, 0.5) is 8.78 Å². The number of alkyl halides is 2. The van der Waals surface area contributed by atoms with Crippen molar-refractivity contribution < 1.29 is 18.3 Å². The lowest BCUT2D eigenvalue weighted by Gasteiger charge is -2.34. The van der Waals surface area contributed by atoms with Crippen LogP contribution in [0.25, 0.3) is 0 Å². The van der Waals surface area contributed by atoms with E-state index in [1.165, 1.54) is 0 Å². The minimum Gasteiger partial charge on any atom is -0.496 e. The molecule has 1 N–H and O–H groups in total. The summed E-state index contributed by atoms with van der Waals surface area (Å²) < 4.78 is 30.1. The molecule has 0 spiro atoms. The summed E-state index contributed by atoms with van der Waals surface area (Å²) in [6.45, 7) is 4.55. The van der Waals surface area contributed by atoms with E-state index in [4.69, 9.17) is 4.74 Å². The molecule has 134 valence electrons. The third kappa shape index (κ3) is 4.41. The highest BCUT2D eigenvalue weighted by atomic mass is 19.3. The van der Waals surface area contributed by atoms with E-state index < -0.39 is 13.0 Å². The van der Waals surface area contributed by atoms with Gasteiger partial charge in [-0.3, -0.25) is 14.7 Å². The molecule has 1 aliphatic heterocycles. The molecule has 1 aromatic rings. The third-order valence-electron chi connectivity index (χ3n) is 4.45. The molecule has 5 nitrogen and oxygen atoms in total. The lowest BCUT2D eigenvalue weighted by molar-refractivity contribution is -0.128. The summed E-state index contributed by atoms with van der Waals surface area (Å²) in [4.78, 5) is 18.7. The van der Waals surface area contributed by atoms with Gasteiger partial charge in [0.25, 0.3) is 6.43 Å². The Bertz CT molecular complexity index is 581. The molecule has 24 heavy (non-hydrogen) atoms. The van der Waals surface area contributed by atoms with Crippen molar-refractivity contribution >= 4 is 5.91 Å². The summed E-state index contributed by atoms with van der Waals surface area (Å²) in [7, 11) is 1.63. The normalized spacial score (nSPS) is 18.7. The standard InChI is InChI=1S/C17H25F2N3O2/c1-11-8-20-13(12(2)16(11)24-3)10-22-7-5-4-6-14(22)17(23)21-9-15(18)19/h8,14-15H,4-7,9-10H2,1-3H3,(H,21,23)/t14-/m0/s1. The number of amides is 1. The minimum atomic E-state index is -2.53. The van der Waals surface area contributed by atoms with Crippen LogP contribution < -0.4 is 10.1 Å². The largest absolute Gasteiger partial charge is 0.496 e. The highest BCUT2D eigenvalue weighted by molar-refractivity contribution is 5.81. The summed E-state index contributed by atoms with van der Waals surface area (Å²) in [6, 6.07) is -0.383. The number of hydrogen-bond donors (Lipinski definition) is 1. The van der Waals surface area contributed by atoms with Crippen molar-refractivity contribution in [3.63, 3.8) is 0 Å². The van der Waals surface area contributed by atoms with E-state index in [0.29, 0.717) is 13.0 Å². The molecule has 2 rings (SSSR count). The highest BCUT2D eigenvalue weighted by Crippen LogP contribution is 2.27. The lowest BCUT2D eigenvalue weighted by Crippen LogP contribution is -2.50. The van der Waals surface area contributed by atoms with Gasteiger partial charge in [0.2, 0.25) is 5.91 Å². The van der Waals surface area contributed by atoms with Gasteiger partial charge in [-0.25, -0.2) is 8.78 Å². The molecule has 1 aromatic heterocycles. The van der Waals surface area contributed by atoms with Crippen LogP contribution in [0.1, 0.15) is 36.1 Å². The molecule has 1 amide bonds. The molecule has 7 heteroatoms. The second-order valence-electron chi connectivity index (χ2n) is 6.16. The first-order chi connectivity index (χ1) is 11.4. The van der Waals surface area contributed by atoms with E-state index in [0.717, 1.165) is 42.0 Å². The van der Waals surface area contributed by atoms with Crippen LogP contribution >= 0.6 is 0 Å². The van der Waals surface area contributed by atoms with Crippen molar-refractivity contribution in [3.8, 4) is 5.75 Å². The molecular weight excluding hydrogens is 316 g/mol. The highest BCUT2D eigenvalue weighted by Gasteiger charge is 2.29. The number of pyridine rings is 1. The van der Waals surface area contributed by atoms with Gasteiger partial charge in [0.05, 0.1) is 25.4 Å². The Morgan fingerprint density at radius 3 is 2.88 bits per heavy atom. The van der Waals surface area contributed by atoms with Crippen molar-refractivity contribution in [1.82, 2.24) is 15.2 Å². The molecule has 1 aliphatic rings. The van der Waals surface area contributed by atoms with Gasteiger partial charge >= 0.3 is 0 Å². The predicted octanol–water partition coefficient (Wildman–Crippen LogP) is 2.44. The number of methoxy groups -OCH3 is 1. The molecule has 1 atom stereocenters. The third-order valence-corrected chi connectivity index (χ3v) is 4.45. The number of likely N-dealkylation sites (tertiary alicyclic amines) is 1. The van der Waals surface area contributed by atoms with E-state index in [-0.39, 0.29) is 11.9 Å². The van der Waals surface area contributed by atoms with E-state index in [9.17, 15) is 13.6 Å². The first-order valence-electron chi connectivity index (χ1n) is 8.23. The minimum absolute atomic E-state index is 0.327. The van der Waals surface area contributed by atoms with Gasteiger partial charge in [0.1, 0.15) is 5.75 Å². The number of nitrogens with zero attached hydrogens (tertiary/aromatic N) is 2. The maximum Gasteiger partial charge on any atom is 0.255 e. The van der Waals surface area contributed by atoms with Crippen LogP contribution in [0, 0.1) is 13.8 Å². The number of carbonyl (C=O) groups is 1. The van der Waals surface area contributed by atoms with Gasteiger partial charge in [0, 0.05) is 23.9 Å².